The fourth-order valence-corrected chi connectivity index (χ4v) is 5.06. The van der Waals surface area contributed by atoms with Gasteiger partial charge in [-0.25, -0.2) is 0 Å². The first-order chi connectivity index (χ1) is 18.0. The molecule has 1 fully saturated rings. The number of piperazine rings is 1. The highest BCUT2D eigenvalue weighted by Gasteiger charge is 2.23. The Balaban J connectivity index is 1.12. The summed E-state index contributed by atoms with van der Waals surface area (Å²) >= 11 is 12.7. The van der Waals surface area contributed by atoms with Gasteiger partial charge in [-0.3, -0.25) is 14.9 Å². The highest BCUT2D eigenvalue weighted by Crippen LogP contribution is 2.24. The molecule has 2 N–H and O–H groups in total. The lowest BCUT2D eigenvalue weighted by atomic mass is 10.2. The fraction of sp³-hybridized carbons (Fsp3) is 0.148. The number of hydrogen-bond acceptors (Lipinski definition) is 6. The summed E-state index contributed by atoms with van der Waals surface area (Å²) in [6.07, 6.45) is 0. The molecular weight excluding hydrogens is 528 g/mol. The molecule has 2 aromatic carbocycles. The predicted octanol–water partition coefficient (Wildman–Crippen LogP) is 5.75. The van der Waals surface area contributed by atoms with Gasteiger partial charge < -0.3 is 19.5 Å². The Morgan fingerprint density at radius 1 is 0.919 bits per heavy atom. The van der Waals surface area contributed by atoms with Crippen LogP contribution in [0.4, 0.5) is 11.4 Å². The number of hydrogen-bond donors (Lipinski definition) is 2. The van der Waals surface area contributed by atoms with Gasteiger partial charge in [-0.15, -0.1) is 11.3 Å². The number of furan rings is 1. The number of amides is 2. The molecule has 0 bridgehead atoms. The number of nitrogens with one attached hydrogen (secondary N) is 2. The molecule has 3 heterocycles. The number of anilines is 2. The molecule has 1 aliphatic rings. The first-order valence-electron chi connectivity index (χ1n) is 11.6. The Labute approximate surface area is 228 Å². The molecule has 0 saturated carbocycles. The zero-order valence-corrected chi connectivity index (χ0v) is 22.0. The van der Waals surface area contributed by atoms with Crippen molar-refractivity contribution in [2.45, 2.75) is 0 Å². The van der Waals surface area contributed by atoms with Crippen LogP contribution in [-0.2, 0) is 0 Å². The summed E-state index contributed by atoms with van der Waals surface area (Å²) in [5.41, 5.74) is 2.63. The van der Waals surface area contributed by atoms with E-state index in [9.17, 15) is 9.59 Å². The average Bonchev–Trinajstić information content (AvgIpc) is 3.62. The lowest BCUT2D eigenvalue weighted by Gasteiger charge is -2.36. The van der Waals surface area contributed by atoms with E-state index >= 15 is 0 Å². The average molecular weight is 551 g/mol. The molecule has 0 aliphatic carbocycles. The van der Waals surface area contributed by atoms with Crippen LogP contribution in [0.15, 0.2) is 82.6 Å². The molecule has 0 atom stereocenters. The van der Waals surface area contributed by atoms with Crippen LogP contribution in [0.2, 0.25) is 5.02 Å². The second-order valence-electron chi connectivity index (χ2n) is 8.38. The maximum atomic E-state index is 12.6. The Morgan fingerprint density at radius 3 is 2.32 bits per heavy atom. The predicted molar refractivity (Wildman–Crippen MR) is 152 cm³/mol. The molecule has 0 spiro atoms. The summed E-state index contributed by atoms with van der Waals surface area (Å²) in [5, 5.41) is 8.39. The summed E-state index contributed by atoms with van der Waals surface area (Å²) < 4.78 is 5.68. The van der Waals surface area contributed by atoms with E-state index in [4.69, 9.17) is 28.2 Å². The summed E-state index contributed by atoms with van der Waals surface area (Å²) in [6.45, 7) is 2.89. The Hall–Kier alpha value is -3.66. The third kappa shape index (κ3) is 6.02. The molecule has 7 nitrogen and oxygen atoms in total. The number of halogens is 1. The molecule has 5 rings (SSSR count). The number of carbonyl (C=O) groups is 2. The Kier molecular flexibility index (Phi) is 7.55. The number of nitrogens with zero attached hydrogens (tertiary/aromatic N) is 2. The molecule has 0 radical (unpaired) electrons. The van der Waals surface area contributed by atoms with E-state index in [-0.39, 0.29) is 16.8 Å². The topological polar surface area (TPSA) is 77.8 Å². The molecule has 2 amide bonds. The van der Waals surface area contributed by atoms with Crippen LogP contribution < -0.4 is 15.5 Å². The number of carbonyl (C=O) groups excluding carboxylic acids is 2. The molecule has 1 aliphatic heterocycles. The molecular formula is C27H23ClN4O3S2. The number of rotatable bonds is 5. The molecule has 188 valence electrons. The van der Waals surface area contributed by atoms with E-state index in [1.807, 2.05) is 58.8 Å². The van der Waals surface area contributed by atoms with Crippen LogP contribution in [0.1, 0.15) is 20.2 Å². The van der Waals surface area contributed by atoms with Crippen LogP contribution in [0.5, 0.6) is 0 Å². The maximum Gasteiger partial charge on any atom is 0.293 e. The third-order valence-corrected chi connectivity index (χ3v) is 7.29. The standard InChI is InChI=1S/C27H23ClN4O3S2/c28-19-5-3-18(4-6-19)22-11-12-23(35-22)25(33)30-27(36)29-20-7-9-21(10-8-20)31-13-15-32(16-14-31)26(34)24-2-1-17-37-24/h1-12,17H,13-16H2,(H2,29,30,33,36). The van der Waals surface area contributed by atoms with Crippen molar-refractivity contribution in [2.24, 2.45) is 0 Å². The summed E-state index contributed by atoms with van der Waals surface area (Å²) in [6, 6.07) is 22.1. The molecule has 4 aromatic rings. The smallest absolute Gasteiger partial charge is 0.293 e. The van der Waals surface area contributed by atoms with Crippen molar-refractivity contribution in [3.05, 3.63) is 93.8 Å². The number of thiocarbonyl (C=S) groups is 1. The molecule has 10 heteroatoms. The first-order valence-corrected chi connectivity index (χ1v) is 13.3. The monoisotopic (exact) mass is 550 g/mol. The molecule has 1 saturated heterocycles. The zero-order valence-electron chi connectivity index (χ0n) is 19.6. The quantitative estimate of drug-likeness (QED) is 0.308. The summed E-state index contributed by atoms with van der Waals surface area (Å²) in [5.74, 6) is 0.374. The molecule has 37 heavy (non-hydrogen) atoms. The van der Waals surface area contributed by atoms with E-state index in [1.54, 1.807) is 24.3 Å². The minimum absolute atomic E-state index is 0.0977. The van der Waals surface area contributed by atoms with Crippen molar-refractivity contribution >= 4 is 63.5 Å². The van der Waals surface area contributed by atoms with Crippen molar-refractivity contribution in [1.82, 2.24) is 10.2 Å². The highest BCUT2D eigenvalue weighted by molar-refractivity contribution is 7.80. The number of thiophene rings is 1. The third-order valence-electron chi connectivity index (χ3n) is 5.97. The van der Waals surface area contributed by atoms with Gasteiger partial charge in [0.05, 0.1) is 4.88 Å². The van der Waals surface area contributed by atoms with Crippen LogP contribution in [0.3, 0.4) is 0 Å². The van der Waals surface area contributed by atoms with Crippen LogP contribution in [0, 0.1) is 0 Å². The van der Waals surface area contributed by atoms with Crippen molar-refractivity contribution in [3.63, 3.8) is 0 Å². The van der Waals surface area contributed by atoms with Crippen LogP contribution >= 0.6 is 35.2 Å². The Morgan fingerprint density at radius 2 is 1.65 bits per heavy atom. The van der Waals surface area contributed by atoms with E-state index in [2.05, 4.69) is 15.5 Å². The van der Waals surface area contributed by atoms with E-state index in [0.29, 0.717) is 23.9 Å². The van der Waals surface area contributed by atoms with Crippen molar-refractivity contribution in [1.29, 1.82) is 0 Å². The van der Waals surface area contributed by atoms with Gasteiger partial charge in [0.25, 0.3) is 11.8 Å². The first kappa shape index (κ1) is 25.0. The van der Waals surface area contributed by atoms with Gasteiger partial charge in [0.1, 0.15) is 5.76 Å². The lowest BCUT2D eigenvalue weighted by molar-refractivity contribution is 0.0751. The highest BCUT2D eigenvalue weighted by atomic mass is 35.5. The largest absolute Gasteiger partial charge is 0.451 e. The molecule has 2 aromatic heterocycles. The fourth-order valence-electron chi connectivity index (χ4n) is 4.04. The van der Waals surface area contributed by atoms with Gasteiger partial charge in [-0.1, -0.05) is 17.7 Å². The van der Waals surface area contributed by atoms with Gasteiger partial charge in [0, 0.05) is 48.1 Å². The summed E-state index contributed by atoms with van der Waals surface area (Å²) in [7, 11) is 0. The normalized spacial score (nSPS) is 13.3. The SMILES string of the molecule is O=C(NC(=S)Nc1ccc(N2CCN(C(=O)c3cccs3)CC2)cc1)c1ccc(-c2ccc(Cl)cc2)o1. The van der Waals surface area contributed by atoms with Crippen LogP contribution in [-0.4, -0.2) is 48.0 Å². The van der Waals surface area contributed by atoms with E-state index in [0.717, 1.165) is 34.9 Å². The van der Waals surface area contributed by atoms with Gasteiger partial charge in [-0.2, -0.15) is 0 Å². The van der Waals surface area contributed by atoms with Crippen molar-refractivity contribution < 1.29 is 14.0 Å². The molecule has 0 unspecified atom stereocenters. The Bertz CT molecular complexity index is 1390. The summed E-state index contributed by atoms with van der Waals surface area (Å²) in [4.78, 5) is 30.0. The zero-order chi connectivity index (χ0) is 25.8. The van der Waals surface area contributed by atoms with Crippen LogP contribution in [0.25, 0.3) is 11.3 Å². The van der Waals surface area contributed by atoms with Gasteiger partial charge in [0.15, 0.2) is 10.9 Å². The lowest BCUT2D eigenvalue weighted by Crippen LogP contribution is -2.48. The van der Waals surface area contributed by atoms with Gasteiger partial charge >= 0.3 is 0 Å². The second kappa shape index (κ2) is 11.2. The minimum Gasteiger partial charge on any atom is -0.451 e. The van der Waals surface area contributed by atoms with Crippen molar-refractivity contribution in [3.8, 4) is 11.3 Å². The van der Waals surface area contributed by atoms with Gasteiger partial charge in [-0.05, 0) is 84.3 Å². The van der Waals surface area contributed by atoms with E-state index < -0.39 is 5.91 Å². The minimum atomic E-state index is -0.440. The van der Waals surface area contributed by atoms with E-state index in [1.165, 1.54) is 11.3 Å². The number of benzene rings is 2. The van der Waals surface area contributed by atoms with Gasteiger partial charge in [0.2, 0.25) is 0 Å². The van der Waals surface area contributed by atoms with Crippen molar-refractivity contribution in [2.75, 3.05) is 36.4 Å². The maximum absolute atomic E-state index is 12.6. The second-order valence-corrected chi connectivity index (χ2v) is 10.2.